The molecule has 1 aromatic rings. The SMILES string of the molecule is O=C1Cc2ccccc2C1C1(OCCO)CCCC1. The van der Waals surface area contributed by atoms with Crippen LogP contribution in [0.5, 0.6) is 0 Å². The summed E-state index contributed by atoms with van der Waals surface area (Å²) in [5, 5.41) is 9.04. The summed E-state index contributed by atoms with van der Waals surface area (Å²) in [5.41, 5.74) is 1.93. The monoisotopic (exact) mass is 260 g/mol. The van der Waals surface area contributed by atoms with Gasteiger partial charge in [-0.3, -0.25) is 4.79 Å². The number of benzene rings is 1. The molecule has 1 fully saturated rings. The Morgan fingerprint density at radius 3 is 2.74 bits per heavy atom. The molecule has 3 rings (SSSR count). The van der Waals surface area contributed by atoms with Crippen LogP contribution in [0.4, 0.5) is 0 Å². The van der Waals surface area contributed by atoms with Crippen LogP contribution in [0.15, 0.2) is 24.3 Å². The molecule has 0 aliphatic heterocycles. The van der Waals surface area contributed by atoms with Crippen molar-refractivity contribution >= 4 is 5.78 Å². The topological polar surface area (TPSA) is 46.5 Å². The second kappa shape index (κ2) is 5.06. The maximum absolute atomic E-state index is 12.4. The van der Waals surface area contributed by atoms with E-state index in [1.54, 1.807) is 0 Å². The van der Waals surface area contributed by atoms with Crippen LogP contribution in [-0.2, 0) is 16.0 Å². The number of carbonyl (C=O) groups is 1. The van der Waals surface area contributed by atoms with Crippen molar-refractivity contribution in [2.24, 2.45) is 0 Å². The zero-order valence-corrected chi connectivity index (χ0v) is 11.1. The normalized spacial score (nSPS) is 24.7. The quantitative estimate of drug-likeness (QED) is 0.903. The molecule has 2 aliphatic carbocycles. The van der Waals surface area contributed by atoms with Gasteiger partial charge < -0.3 is 9.84 Å². The van der Waals surface area contributed by atoms with E-state index in [9.17, 15) is 4.79 Å². The van der Waals surface area contributed by atoms with Crippen LogP contribution < -0.4 is 0 Å². The molecule has 1 atom stereocenters. The Morgan fingerprint density at radius 1 is 1.26 bits per heavy atom. The molecule has 3 nitrogen and oxygen atoms in total. The maximum Gasteiger partial charge on any atom is 0.147 e. The predicted molar refractivity (Wildman–Crippen MR) is 72.1 cm³/mol. The van der Waals surface area contributed by atoms with Gasteiger partial charge in [-0.2, -0.15) is 0 Å². The number of Topliss-reactive ketones (excluding diaryl/α,β-unsaturated/α-hetero) is 1. The fourth-order valence-corrected chi connectivity index (χ4v) is 3.76. The summed E-state index contributed by atoms with van der Waals surface area (Å²) in [4.78, 5) is 12.4. The second-order valence-corrected chi connectivity index (χ2v) is 5.62. The first-order valence-corrected chi connectivity index (χ1v) is 7.12. The molecule has 19 heavy (non-hydrogen) atoms. The molecular weight excluding hydrogens is 240 g/mol. The van der Waals surface area contributed by atoms with Gasteiger partial charge in [-0.15, -0.1) is 0 Å². The van der Waals surface area contributed by atoms with Crippen molar-refractivity contribution in [2.75, 3.05) is 13.2 Å². The van der Waals surface area contributed by atoms with E-state index in [-0.39, 0.29) is 23.9 Å². The molecule has 0 aromatic heterocycles. The van der Waals surface area contributed by atoms with Crippen LogP contribution in [0.2, 0.25) is 0 Å². The summed E-state index contributed by atoms with van der Waals surface area (Å²) in [6, 6.07) is 8.10. The van der Waals surface area contributed by atoms with Gasteiger partial charge in [-0.1, -0.05) is 37.1 Å². The van der Waals surface area contributed by atoms with E-state index in [0.717, 1.165) is 36.8 Å². The van der Waals surface area contributed by atoms with E-state index in [0.29, 0.717) is 13.0 Å². The summed E-state index contributed by atoms with van der Waals surface area (Å²) in [7, 11) is 0. The largest absolute Gasteiger partial charge is 0.394 e. The molecule has 0 radical (unpaired) electrons. The van der Waals surface area contributed by atoms with Gasteiger partial charge in [0, 0.05) is 6.42 Å². The Kier molecular flexibility index (Phi) is 3.42. The van der Waals surface area contributed by atoms with Crippen molar-refractivity contribution in [3.63, 3.8) is 0 Å². The number of hydrogen-bond acceptors (Lipinski definition) is 3. The highest BCUT2D eigenvalue weighted by Gasteiger charge is 2.49. The van der Waals surface area contributed by atoms with Gasteiger partial charge in [-0.25, -0.2) is 0 Å². The third-order valence-electron chi connectivity index (χ3n) is 4.51. The van der Waals surface area contributed by atoms with Gasteiger partial charge in [0.1, 0.15) is 5.78 Å². The molecule has 102 valence electrons. The van der Waals surface area contributed by atoms with Crippen molar-refractivity contribution in [3.05, 3.63) is 35.4 Å². The standard InChI is InChI=1S/C16H20O3/c17-9-10-19-16(7-3-4-8-16)15-13-6-2-1-5-12(13)11-14(15)18/h1-2,5-6,15,17H,3-4,7-11H2. The highest BCUT2D eigenvalue weighted by molar-refractivity contribution is 5.93. The molecule has 0 saturated heterocycles. The lowest BCUT2D eigenvalue weighted by atomic mass is 9.81. The van der Waals surface area contributed by atoms with Gasteiger partial charge >= 0.3 is 0 Å². The minimum Gasteiger partial charge on any atom is -0.394 e. The maximum atomic E-state index is 12.4. The molecule has 0 bridgehead atoms. The minimum absolute atomic E-state index is 0.0182. The molecule has 1 saturated carbocycles. The highest BCUT2D eigenvalue weighted by atomic mass is 16.5. The Hall–Kier alpha value is -1.19. The van der Waals surface area contributed by atoms with Gasteiger partial charge in [0.15, 0.2) is 0 Å². The van der Waals surface area contributed by atoms with Crippen molar-refractivity contribution in [3.8, 4) is 0 Å². The molecule has 0 amide bonds. The molecule has 1 N–H and O–H groups in total. The minimum atomic E-state index is -0.369. The number of ketones is 1. The Morgan fingerprint density at radius 2 is 2.00 bits per heavy atom. The van der Waals surface area contributed by atoms with Gasteiger partial charge in [0.05, 0.1) is 24.7 Å². The van der Waals surface area contributed by atoms with Crippen molar-refractivity contribution < 1.29 is 14.6 Å². The summed E-state index contributed by atoms with van der Waals surface area (Å²) in [6.45, 7) is 0.344. The number of fused-ring (bicyclic) bond motifs is 1. The first kappa shape index (κ1) is 12.8. The fourth-order valence-electron chi connectivity index (χ4n) is 3.76. The average molecular weight is 260 g/mol. The van der Waals surface area contributed by atoms with Crippen molar-refractivity contribution in [2.45, 2.75) is 43.6 Å². The van der Waals surface area contributed by atoms with E-state index in [1.807, 2.05) is 18.2 Å². The fraction of sp³-hybridized carbons (Fsp3) is 0.562. The second-order valence-electron chi connectivity index (χ2n) is 5.62. The van der Waals surface area contributed by atoms with E-state index < -0.39 is 0 Å². The third-order valence-corrected chi connectivity index (χ3v) is 4.51. The van der Waals surface area contributed by atoms with Crippen molar-refractivity contribution in [1.82, 2.24) is 0 Å². The van der Waals surface area contributed by atoms with Crippen LogP contribution in [0, 0.1) is 0 Å². The first-order chi connectivity index (χ1) is 9.27. The Bertz CT molecular complexity index is 475. The van der Waals surface area contributed by atoms with Gasteiger partial charge in [0.25, 0.3) is 0 Å². The van der Waals surface area contributed by atoms with E-state index in [4.69, 9.17) is 9.84 Å². The highest BCUT2D eigenvalue weighted by Crippen LogP contribution is 2.48. The number of ether oxygens (including phenoxy) is 1. The smallest absolute Gasteiger partial charge is 0.147 e. The third kappa shape index (κ3) is 2.11. The lowest BCUT2D eigenvalue weighted by molar-refractivity contribution is -0.130. The van der Waals surface area contributed by atoms with E-state index in [1.165, 1.54) is 0 Å². The number of carbonyl (C=O) groups excluding carboxylic acids is 1. The molecular formula is C16H20O3. The lowest BCUT2D eigenvalue weighted by Gasteiger charge is -2.35. The summed E-state index contributed by atoms with van der Waals surface area (Å²) >= 11 is 0. The number of aliphatic hydroxyl groups excluding tert-OH is 1. The molecule has 3 heteroatoms. The zero-order chi connectivity index (χ0) is 13.3. The van der Waals surface area contributed by atoms with E-state index >= 15 is 0 Å². The number of rotatable bonds is 4. The number of hydrogen-bond donors (Lipinski definition) is 1. The zero-order valence-electron chi connectivity index (χ0n) is 11.1. The summed E-state index contributed by atoms with van der Waals surface area (Å²) in [6.07, 6.45) is 4.61. The molecule has 0 spiro atoms. The summed E-state index contributed by atoms with van der Waals surface area (Å²) in [5.74, 6) is 0.152. The van der Waals surface area contributed by atoms with Gasteiger partial charge in [0.2, 0.25) is 0 Å². The van der Waals surface area contributed by atoms with Crippen molar-refractivity contribution in [1.29, 1.82) is 0 Å². The van der Waals surface area contributed by atoms with Crippen LogP contribution in [0.3, 0.4) is 0 Å². The predicted octanol–water partition coefficient (Wildman–Crippen LogP) is 2.22. The van der Waals surface area contributed by atoms with Crippen LogP contribution >= 0.6 is 0 Å². The summed E-state index contributed by atoms with van der Waals surface area (Å²) < 4.78 is 5.98. The lowest BCUT2D eigenvalue weighted by Crippen LogP contribution is -2.40. The van der Waals surface area contributed by atoms with Crippen LogP contribution in [0.1, 0.15) is 42.7 Å². The molecule has 0 heterocycles. The molecule has 1 unspecified atom stereocenters. The molecule has 1 aromatic carbocycles. The van der Waals surface area contributed by atoms with Gasteiger partial charge in [-0.05, 0) is 24.0 Å². The van der Waals surface area contributed by atoms with E-state index in [2.05, 4.69) is 6.07 Å². The first-order valence-electron chi connectivity index (χ1n) is 7.12. The Balaban J connectivity index is 1.96. The Labute approximate surface area is 113 Å². The van der Waals surface area contributed by atoms with Crippen LogP contribution in [-0.4, -0.2) is 29.7 Å². The van der Waals surface area contributed by atoms with Crippen LogP contribution in [0.25, 0.3) is 0 Å². The molecule has 2 aliphatic rings. The average Bonchev–Trinajstić information content (AvgIpc) is 3.00. The number of aliphatic hydroxyl groups is 1.